The molecule has 2 unspecified atom stereocenters. The maximum Gasteiger partial charge on any atom is 0.315 e. The predicted octanol–water partition coefficient (Wildman–Crippen LogP) is 1.36. The van der Waals surface area contributed by atoms with Crippen LogP contribution in [0.15, 0.2) is 0 Å². The van der Waals surface area contributed by atoms with E-state index in [0.29, 0.717) is 18.9 Å². The summed E-state index contributed by atoms with van der Waals surface area (Å²) in [4.78, 5) is 23.0. The molecule has 6 nitrogen and oxygen atoms in total. The van der Waals surface area contributed by atoms with Crippen molar-refractivity contribution in [2.75, 3.05) is 19.8 Å². The second-order valence-electron chi connectivity index (χ2n) is 5.75. The minimum atomic E-state index is -0.806. The number of rotatable bonds is 4. The topological polar surface area (TPSA) is 87.7 Å². The summed E-state index contributed by atoms with van der Waals surface area (Å²) in [7, 11) is 0. The molecule has 0 radical (unpaired) electrons. The van der Waals surface area contributed by atoms with Crippen LogP contribution in [0.1, 0.15) is 38.5 Å². The summed E-state index contributed by atoms with van der Waals surface area (Å²) in [6, 6.07) is -0.481. The maximum absolute atomic E-state index is 11.9. The Labute approximate surface area is 119 Å². The first-order valence-electron chi connectivity index (χ1n) is 7.51. The van der Waals surface area contributed by atoms with Crippen LogP contribution in [0.3, 0.4) is 0 Å². The Morgan fingerprint density at radius 3 is 2.50 bits per heavy atom. The molecule has 2 atom stereocenters. The van der Waals surface area contributed by atoms with Gasteiger partial charge in [-0.15, -0.1) is 0 Å². The van der Waals surface area contributed by atoms with Crippen LogP contribution in [0.2, 0.25) is 0 Å². The molecule has 1 heterocycles. The molecule has 0 aromatic rings. The second kappa shape index (κ2) is 7.47. The minimum Gasteiger partial charge on any atom is -0.481 e. The van der Waals surface area contributed by atoms with Crippen LogP contribution >= 0.6 is 0 Å². The van der Waals surface area contributed by atoms with Gasteiger partial charge >= 0.3 is 12.0 Å². The molecule has 1 aliphatic heterocycles. The fourth-order valence-corrected chi connectivity index (χ4v) is 3.01. The van der Waals surface area contributed by atoms with E-state index in [0.717, 1.165) is 45.3 Å². The number of carboxylic acid groups (broad SMARTS) is 1. The Morgan fingerprint density at radius 1 is 1.10 bits per heavy atom. The summed E-state index contributed by atoms with van der Waals surface area (Å²) in [6.07, 6.45) is 5.26. The number of urea groups is 1. The molecule has 2 amide bonds. The van der Waals surface area contributed by atoms with Gasteiger partial charge in [-0.3, -0.25) is 4.79 Å². The highest BCUT2D eigenvalue weighted by atomic mass is 16.5. The van der Waals surface area contributed by atoms with E-state index in [4.69, 9.17) is 9.84 Å². The second-order valence-corrected chi connectivity index (χ2v) is 5.75. The van der Waals surface area contributed by atoms with E-state index >= 15 is 0 Å². The number of carbonyl (C=O) groups is 2. The average molecular weight is 284 g/mol. The highest BCUT2D eigenvalue weighted by Crippen LogP contribution is 2.24. The molecule has 0 bridgehead atoms. The Balaban J connectivity index is 1.73. The van der Waals surface area contributed by atoms with Gasteiger partial charge in [-0.1, -0.05) is 12.8 Å². The van der Waals surface area contributed by atoms with Gasteiger partial charge < -0.3 is 20.5 Å². The molecule has 20 heavy (non-hydrogen) atoms. The van der Waals surface area contributed by atoms with E-state index in [1.54, 1.807) is 0 Å². The summed E-state index contributed by atoms with van der Waals surface area (Å²) < 4.78 is 5.27. The zero-order valence-corrected chi connectivity index (χ0v) is 11.8. The molecule has 3 N–H and O–H groups in total. The predicted molar refractivity (Wildman–Crippen MR) is 73.5 cm³/mol. The molecule has 0 aromatic heterocycles. The van der Waals surface area contributed by atoms with Gasteiger partial charge in [-0.2, -0.15) is 0 Å². The van der Waals surface area contributed by atoms with Gasteiger partial charge in [0.2, 0.25) is 0 Å². The lowest BCUT2D eigenvalue weighted by Crippen LogP contribution is -2.49. The standard InChI is InChI=1S/C14H24N2O4/c17-13(18)11-3-1-2-4-12(11)16-14(19)15-9-10-5-7-20-8-6-10/h10-12H,1-9H2,(H,17,18)(H2,15,16,19). The van der Waals surface area contributed by atoms with Gasteiger partial charge in [0.1, 0.15) is 0 Å². The highest BCUT2D eigenvalue weighted by molar-refractivity contribution is 5.76. The van der Waals surface area contributed by atoms with Crippen LogP contribution in [0, 0.1) is 11.8 Å². The van der Waals surface area contributed by atoms with Crippen molar-refractivity contribution in [3.63, 3.8) is 0 Å². The first-order chi connectivity index (χ1) is 9.66. The Kier molecular flexibility index (Phi) is 5.64. The first kappa shape index (κ1) is 15.1. The van der Waals surface area contributed by atoms with Crippen LogP contribution in [0.25, 0.3) is 0 Å². The number of nitrogens with one attached hydrogen (secondary N) is 2. The van der Waals surface area contributed by atoms with Crippen molar-refractivity contribution in [2.24, 2.45) is 11.8 Å². The average Bonchev–Trinajstić information content (AvgIpc) is 2.46. The van der Waals surface area contributed by atoms with E-state index in [-0.39, 0.29) is 12.1 Å². The molecule has 114 valence electrons. The molecule has 2 aliphatic rings. The zero-order chi connectivity index (χ0) is 14.4. The van der Waals surface area contributed by atoms with Crippen molar-refractivity contribution in [3.05, 3.63) is 0 Å². The lowest BCUT2D eigenvalue weighted by Gasteiger charge is -2.29. The molecule has 2 fully saturated rings. The monoisotopic (exact) mass is 284 g/mol. The number of ether oxygens (including phenoxy) is 1. The lowest BCUT2D eigenvalue weighted by atomic mass is 9.84. The molecular weight excluding hydrogens is 260 g/mol. The van der Waals surface area contributed by atoms with Gasteiger partial charge in [0.25, 0.3) is 0 Å². The third-order valence-electron chi connectivity index (χ3n) is 4.29. The van der Waals surface area contributed by atoms with Gasteiger partial charge in [0.05, 0.1) is 5.92 Å². The smallest absolute Gasteiger partial charge is 0.315 e. The summed E-state index contributed by atoms with van der Waals surface area (Å²) in [5, 5.41) is 14.9. The maximum atomic E-state index is 11.9. The number of hydrogen-bond acceptors (Lipinski definition) is 3. The summed E-state index contributed by atoms with van der Waals surface area (Å²) in [5.41, 5.74) is 0. The van der Waals surface area contributed by atoms with Gasteiger partial charge in [-0.25, -0.2) is 4.79 Å². The van der Waals surface area contributed by atoms with Crippen LogP contribution in [-0.4, -0.2) is 42.9 Å². The molecule has 1 saturated carbocycles. The number of carbonyl (C=O) groups excluding carboxylic acids is 1. The lowest BCUT2D eigenvalue weighted by molar-refractivity contribution is -0.143. The van der Waals surface area contributed by atoms with E-state index < -0.39 is 11.9 Å². The van der Waals surface area contributed by atoms with Crippen LogP contribution in [-0.2, 0) is 9.53 Å². The largest absolute Gasteiger partial charge is 0.481 e. The molecule has 0 spiro atoms. The zero-order valence-electron chi connectivity index (χ0n) is 11.8. The number of amides is 2. The van der Waals surface area contributed by atoms with Gasteiger partial charge in [-0.05, 0) is 31.6 Å². The van der Waals surface area contributed by atoms with Crippen LogP contribution < -0.4 is 10.6 Å². The van der Waals surface area contributed by atoms with Crippen molar-refractivity contribution in [1.82, 2.24) is 10.6 Å². The SMILES string of the molecule is O=C(NCC1CCOCC1)NC1CCCCC1C(=O)O. The minimum absolute atomic E-state index is 0.240. The third kappa shape index (κ3) is 4.37. The Hall–Kier alpha value is -1.30. The Bertz CT molecular complexity index is 342. The fraction of sp³-hybridized carbons (Fsp3) is 0.857. The van der Waals surface area contributed by atoms with Gasteiger partial charge in [0, 0.05) is 25.8 Å². The molecular formula is C14H24N2O4. The Morgan fingerprint density at radius 2 is 1.80 bits per heavy atom. The molecule has 2 rings (SSSR count). The highest BCUT2D eigenvalue weighted by Gasteiger charge is 2.31. The summed E-state index contributed by atoms with van der Waals surface area (Å²) in [6.45, 7) is 2.16. The van der Waals surface area contributed by atoms with Crippen molar-refractivity contribution >= 4 is 12.0 Å². The van der Waals surface area contributed by atoms with Crippen LogP contribution in [0.4, 0.5) is 4.79 Å². The number of carboxylic acids is 1. The van der Waals surface area contributed by atoms with E-state index in [1.807, 2.05) is 0 Å². The first-order valence-corrected chi connectivity index (χ1v) is 7.51. The molecule has 1 aliphatic carbocycles. The normalized spacial score (nSPS) is 27.8. The van der Waals surface area contributed by atoms with E-state index in [1.165, 1.54) is 0 Å². The van der Waals surface area contributed by atoms with E-state index in [2.05, 4.69) is 10.6 Å². The van der Waals surface area contributed by atoms with Crippen molar-refractivity contribution in [2.45, 2.75) is 44.6 Å². The van der Waals surface area contributed by atoms with E-state index in [9.17, 15) is 9.59 Å². The third-order valence-corrected chi connectivity index (χ3v) is 4.29. The molecule has 1 saturated heterocycles. The number of aliphatic carboxylic acids is 1. The number of hydrogen-bond donors (Lipinski definition) is 3. The molecule has 0 aromatic carbocycles. The quantitative estimate of drug-likeness (QED) is 0.727. The van der Waals surface area contributed by atoms with Crippen molar-refractivity contribution in [1.29, 1.82) is 0 Å². The summed E-state index contributed by atoms with van der Waals surface area (Å²) in [5.74, 6) is -0.784. The summed E-state index contributed by atoms with van der Waals surface area (Å²) >= 11 is 0. The van der Waals surface area contributed by atoms with Crippen molar-refractivity contribution in [3.8, 4) is 0 Å². The van der Waals surface area contributed by atoms with Gasteiger partial charge in [0.15, 0.2) is 0 Å². The molecule has 6 heteroatoms. The fourth-order valence-electron chi connectivity index (χ4n) is 3.01. The van der Waals surface area contributed by atoms with Crippen molar-refractivity contribution < 1.29 is 19.4 Å². The van der Waals surface area contributed by atoms with Crippen LogP contribution in [0.5, 0.6) is 0 Å².